The molecule has 122 valence electrons. The Bertz CT molecular complexity index is 680. The Labute approximate surface area is 136 Å². The number of nitrogens with one attached hydrogen (secondary N) is 1. The molecule has 0 radical (unpaired) electrons. The summed E-state index contributed by atoms with van der Waals surface area (Å²) >= 11 is 0. The summed E-state index contributed by atoms with van der Waals surface area (Å²) in [7, 11) is 0. The highest BCUT2D eigenvalue weighted by Crippen LogP contribution is 2.25. The van der Waals surface area contributed by atoms with Gasteiger partial charge >= 0.3 is 0 Å². The average Bonchev–Trinajstić information content (AvgIpc) is 2.89. The monoisotopic (exact) mass is 313 g/mol. The van der Waals surface area contributed by atoms with Gasteiger partial charge in [-0.3, -0.25) is 9.69 Å². The molecule has 23 heavy (non-hydrogen) atoms. The van der Waals surface area contributed by atoms with E-state index in [1.165, 1.54) is 0 Å². The van der Waals surface area contributed by atoms with Crippen molar-refractivity contribution >= 4 is 5.91 Å². The quantitative estimate of drug-likeness (QED) is 0.932. The smallest absolute Gasteiger partial charge is 0.242 e. The zero-order chi connectivity index (χ0) is 16.4. The Balaban J connectivity index is 1.88. The molecule has 1 aliphatic rings. The fourth-order valence-electron chi connectivity index (χ4n) is 3.07. The van der Waals surface area contributed by atoms with E-state index in [0.29, 0.717) is 6.54 Å². The van der Waals surface area contributed by atoms with Crippen LogP contribution in [0.15, 0.2) is 30.3 Å². The number of carbonyl (C=O) groups is 1. The lowest BCUT2D eigenvalue weighted by Crippen LogP contribution is -2.45. The Morgan fingerprint density at radius 3 is 2.61 bits per heavy atom. The van der Waals surface area contributed by atoms with Gasteiger partial charge in [0.25, 0.3) is 0 Å². The van der Waals surface area contributed by atoms with E-state index >= 15 is 0 Å². The lowest BCUT2D eigenvalue weighted by Gasteiger charge is -2.34. The zero-order valence-electron chi connectivity index (χ0n) is 13.9. The van der Waals surface area contributed by atoms with Crippen molar-refractivity contribution in [2.24, 2.45) is 0 Å². The van der Waals surface area contributed by atoms with Gasteiger partial charge in [-0.25, -0.2) is 0 Å². The highest BCUT2D eigenvalue weighted by atomic mass is 16.2. The normalized spacial score (nSPS) is 16.2. The summed E-state index contributed by atoms with van der Waals surface area (Å²) in [6, 6.07) is 9.75. The predicted molar refractivity (Wildman–Crippen MR) is 87.6 cm³/mol. The number of benzene rings is 1. The molecular formula is C17H23N5O. The van der Waals surface area contributed by atoms with Gasteiger partial charge in [0, 0.05) is 19.1 Å². The molecule has 0 saturated heterocycles. The lowest BCUT2D eigenvalue weighted by molar-refractivity contribution is -0.127. The van der Waals surface area contributed by atoms with E-state index in [1.54, 1.807) is 0 Å². The second kappa shape index (κ2) is 6.50. The van der Waals surface area contributed by atoms with Gasteiger partial charge in [-0.05, 0) is 26.3 Å². The highest BCUT2D eigenvalue weighted by molar-refractivity contribution is 5.83. The first-order chi connectivity index (χ1) is 11.1. The molecule has 2 heterocycles. The maximum Gasteiger partial charge on any atom is 0.242 e. The van der Waals surface area contributed by atoms with Gasteiger partial charge in [0.2, 0.25) is 5.91 Å². The topological polar surface area (TPSA) is 63.1 Å². The SMILES string of the molecule is Cc1nnc2n1CCN(C(C(=O)NC(C)C)c1ccccc1)C2. The van der Waals surface area contributed by atoms with Crippen LogP contribution in [0.5, 0.6) is 0 Å². The predicted octanol–water partition coefficient (Wildman–Crippen LogP) is 1.67. The summed E-state index contributed by atoms with van der Waals surface area (Å²) in [5, 5.41) is 11.4. The molecule has 2 aromatic rings. The van der Waals surface area contributed by atoms with E-state index in [2.05, 4.69) is 25.0 Å². The second-order valence-electron chi connectivity index (χ2n) is 6.26. The molecule has 6 nitrogen and oxygen atoms in total. The maximum atomic E-state index is 12.8. The summed E-state index contributed by atoms with van der Waals surface area (Å²) in [5.41, 5.74) is 1.01. The number of rotatable bonds is 4. The minimum Gasteiger partial charge on any atom is -0.352 e. The van der Waals surface area contributed by atoms with E-state index in [4.69, 9.17) is 0 Å². The number of nitrogens with zero attached hydrogens (tertiary/aromatic N) is 4. The van der Waals surface area contributed by atoms with E-state index in [0.717, 1.165) is 30.3 Å². The fraction of sp³-hybridized carbons (Fsp3) is 0.471. The molecule has 0 fully saturated rings. The molecule has 3 rings (SSSR count). The Kier molecular flexibility index (Phi) is 4.43. The van der Waals surface area contributed by atoms with Crippen molar-refractivity contribution in [3.8, 4) is 0 Å². The van der Waals surface area contributed by atoms with Crippen LogP contribution in [-0.4, -0.2) is 38.2 Å². The first kappa shape index (κ1) is 15.7. The number of hydrogen-bond acceptors (Lipinski definition) is 4. The van der Waals surface area contributed by atoms with Crippen LogP contribution in [0.25, 0.3) is 0 Å². The first-order valence-corrected chi connectivity index (χ1v) is 8.04. The highest BCUT2D eigenvalue weighted by Gasteiger charge is 2.31. The molecule has 1 N–H and O–H groups in total. The molecule has 0 bridgehead atoms. The van der Waals surface area contributed by atoms with Crippen LogP contribution in [0.4, 0.5) is 0 Å². The van der Waals surface area contributed by atoms with Crippen molar-refractivity contribution in [1.29, 1.82) is 0 Å². The number of hydrogen-bond donors (Lipinski definition) is 1. The largest absolute Gasteiger partial charge is 0.352 e. The molecule has 0 saturated carbocycles. The number of amides is 1. The third-order valence-electron chi connectivity index (χ3n) is 4.13. The number of carbonyl (C=O) groups excluding carboxylic acids is 1. The van der Waals surface area contributed by atoms with Gasteiger partial charge in [-0.1, -0.05) is 30.3 Å². The molecule has 1 aliphatic heterocycles. The third-order valence-corrected chi connectivity index (χ3v) is 4.13. The summed E-state index contributed by atoms with van der Waals surface area (Å²) in [4.78, 5) is 15.0. The summed E-state index contributed by atoms with van der Waals surface area (Å²) in [5.74, 6) is 1.89. The average molecular weight is 313 g/mol. The van der Waals surface area contributed by atoms with Crippen LogP contribution in [0.1, 0.15) is 37.1 Å². The summed E-state index contributed by atoms with van der Waals surface area (Å²) in [6.07, 6.45) is 0. The Morgan fingerprint density at radius 1 is 1.17 bits per heavy atom. The van der Waals surface area contributed by atoms with Gasteiger partial charge in [0.15, 0.2) is 0 Å². The number of aromatic nitrogens is 3. The van der Waals surface area contributed by atoms with E-state index in [1.807, 2.05) is 51.1 Å². The fourth-order valence-corrected chi connectivity index (χ4v) is 3.07. The van der Waals surface area contributed by atoms with Crippen molar-refractivity contribution < 1.29 is 4.79 Å². The van der Waals surface area contributed by atoms with Crippen LogP contribution in [0, 0.1) is 6.92 Å². The van der Waals surface area contributed by atoms with Crippen molar-refractivity contribution in [3.05, 3.63) is 47.5 Å². The molecule has 1 amide bonds. The molecule has 0 spiro atoms. The molecule has 1 atom stereocenters. The van der Waals surface area contributed by atoms with E-state index < -0.39 is 0 Å². The van der Waals surface area contributed by atoms with E-state index in [-0.39, 0.29) is 18.0 Å². The lowest BCUT2D eigenvalue weighted by atomic mass is 10.0. The molecule has 1 unspecified atom stereocenters. The molecule has 6 heteroatoms. The number of aryl methyl sites for hydroxylation is 1. The van der Waals surface area contributed by atoms with Crippen LogP contribution < -0.4 is 5.32 Å². The van der Waals surface area contributed by atoms with Crippen LogP contribution in [0.3, 0.4) is 0 Å². The maximum absolute atomic E-state index is 12.8. The van der Waals surface area contributed by atoms with Gasteiger partial charge < -0.3 is 9.88 Å². The van der Waals surface area contributed by atoms with Crippen molar-refractivity contribution in [3.63, 3.8) is 0 Å². The second-order valence-corrected chi connectivity index (χ2v) is 6.26. The van der Waals surface area contributed by atoms with Crippen molar-refractivity contribution in [2.45, 2.75) is 45.9 Å². The standard InChI is InChI=1S/C17H23N5O/c1-12(2)18-17(23)16(14-7-5-4-6-8-14)21-9-10-22-13(3)19-20-15(22)11-21/h4-8,12,16H,9-11H2,1-3H3,(H,18,23). The van der Waals surface area contributed by atoms with Gasteiger partial charge in [0.05, 0.1) is 6.54 Å². The Morgan fingerprint density at radius 2 is 1.91 bits per heavy atom. The van der Waals surface area contributed by atoms with Crippen LogP contribution in [-0.2, 0) is 17.9 Å². The molecule has 1 aromatic carbocycles. The van der Waals surface area contributed by atoms with E-state index in [9.17, 15) is 4.79 Å². The van der Waals surface area contributed by atoms with Crippen LogP contribution in [0.2, 0.25) is 0 Å². The van der Waals surface area contributed by atoms with Crippen LogP contribution >= 0.6 is 0 Å². The van der Waals surface area contributed by atoms with Crippen molar-refractivity contribution in [1.82, 2.24) is 25.0 Å². The molecular weight excluding hydrogens is 290 g/mol. The van der Waals surface area contributed by atoms with Gasteiger partial charge in [0.1, 0.15) is 17.7 Å². The molecule has 1 aromatic heterocycles. The Hall–Kier alpha value is -2.21. The first-order valence-electron chi connectivity index (χ1n) is 8.04. The third kappa shape index (κ3) is 3.27. The zero-order valence-corrected chi connectivity index (χ0v) is 13.9. The number of fused-ring (bicyclic) bond motifs is 1. The minimum atomic E-state index is -0.302. The van der Waals surface area contributed by atoms with Gasteiger partial charge in [-0.15, -0.1) is 10.2 Å². The minimum absolute atomic E-state index is 0.0379. The van der Waals surface area contributed by atoms with Gasteiger partial charge in [-0.2, -0.15) is 0 Å². The summed E-state index contributed by atoms with van der Waals surface area (Å²) in [6.45, 7) is 8.17. The van der Waals surface area contributed by atoms with Crippen molar-refractivity contribution in [2.75, 3.05) is 6.54 Å². The summed E-state index contributed by atoms with van der Waals surface area (Å²) < 4.78 is 2.12. The molecule has 0 aliphatic carbocycles.